The molecule has 180 valence electrons. The number of carbonyl (C=O) groups is 1. The summed E-state index contributed by atoms with van der Waals surface area (Å²) in [7, 11) is 0. The molecule has 0 saturated heterocycles. The maximum Gasteiger partial charge on any atom is 0.248 e. The summed E-state index contributed by atoms with van der Waals surface area (Å²) in [4.78, 5) is 12.7. The van der Waals surface area contributed by atoms with Crippen LogP contribution in [0.2, 0.25) is 0 Å². The molecule has 0 aliphatic rings. The highest BCUT2D eigenvalue weighted by molar-refractivity contribution is 6.08. The molecule has 1 amide bonds. The molecule has 0 fully saturated rings. The number of amides is 1. The van der Waals surface area contributed by atoms with E-state index < -0.39 is 5.82 Å². The van der Waals surface area contributed by atoms with Gasteiger partial charge in [0.25, 0.3) is 0 Å². The molecule has 5 aromatic rings. The largest absolute Gasteiger partial charge is 0.493 e. The van der Waals surface area contributed by atoms with Crippen molar-refractivity contribution in [3.8, 4) is 16.9 Å². The third-order valence-electron chi connectivity index (χ3n) is 6.28. The van der Waals surface area contributed by atoms with Gasteiger partial charge in [0.1, 0.15) is 17.1 Å². The van der Waals surface area contributed by atoms with Gasteiger partial charge in [0.15, 0.2) is 0 Å². The van der Waals surface area contributed by atoms with Crippen molar-refractivity contribution in [1.29, 1.82) is 0 Å². The first-order chi connectivity index (χ1) is 17.5. The van der Waals surface area contributed by atoms with Crippen molar-refractivity contribution in [2.24, 2.45) is 0 Å². The molecule has 0 saturated carbocycles. The minimum absolute atomic E-state index is 0.347. The Kier molecular flexibility index (Phi) is 6.30. The quantitative estimate of drug-likeness (QED) is 0.250. The number of benzene rings is 4. The molecule has 5 rings (SSSR count). The van der Waals surface area contributed by atoms with Crippen LogP contribution in [-0.4, -0.2) is 12.5 Å². The zero-order chi connectivity index (χ0) is 25.2. The van der Waals surface area contributed by atoms with Gasteiger partial charge in [-0.05, 0) is 66.9 Å². The average Bonchev–Trinajstić information content (AvgIpc) is 3.29. The molecule has 0 aliphatic heterocycles. The van der Waals surface area contributed by atoms with Crippen LogP contribution in [0.5, 0.6) is 5.75 Å². The summed E-state index contributed by atoms with van der Waals surface area (Å²) < 4.78 is 25.6. The minimum Gasteiger partial charge on any atom is -0.493 e. The molecule has 1 heterocycles. The predicted octanol–water partition coefficient (Wildman–Crippen LogP) is 8.14. The van der Waals surface area contributed by atoms with E-state index in [1.165, 1.54) is 18.2 Å². The molecular weight excluding hydrogens is 453 g/mol. The lowest BCUT2D eigenvalue weighted by Crippen LogP contribution is -2.09. The molecule has 36 heavy (non-hydrogen) atoms. The second-order valence-corrected chi connectivity index (χ2v) is 8.69. The highest BCUT2D eigenvalue weighted by Gasteiger charge is 2.20. The monoisotopic (exact) mass is 479 g/mol. The predicted molar refractivity (Wildman–Crippen MR) is 144 cm³/mol. The van der Waals surface area contributed by atoms with Gasteiger partial charge >= 0.3 is 0 Å². The van der Waals surface area contributed by atoms with Crippen LogP contribution in [0.3, 0.4) is 0 Å². The zero-order valence-corrected chi connectivity index (χ0v) is 20.4. The summed E-state index contributed by atoms with van der Waals surface area (Å²) in [5, 5.41) is 5.96. The van der Waals surface area contributed by atoms with Gasteiger partial charge in [0.05, 0.1) is 12.9 Å². The summed E-state index contributed by atoms with van der Waals surface area (Å²) in [6.45, 7) is 6.23. The molecule has 5 heteroatoms. The van der Waals surface area contributed by atoms with Crippen LogP contribution in [-0.2, 0) is 4.79 Å². The Morgan fingerprint density at radius 1 is 1.00 bits per heavy atom. The van der Waals surface area contributed by atoms with E-state index in [-0.39, 0.29) is 5.91 Å². The number of ether oxygens (including phenoxy) is 1. The number of allylic oxidation sites excluding steroid dienone is 1. The standard InChI is InChI=1S/C31H26FNO3/c1-4-35-30-20(3)31-27(28(18-36-31)25-14-7-10-21-9-5-6-13-24(21)25)17-26(30)19(2)15-29(34)33-23-12-8-11-22(32)16-23/h5-18H,4H2,1-3H3,(H,33,34)/b19-15+. The first kappa shape index (κ1) is 23.4. The number of hydrogen-bond donors (Lipinski definition) is 1. The molecule has 0 aliphatic carbocycles. The average molecular weight is 480 g/mol. The van der Waals surface area contributed by atoms with Crippen LogP contribution in [0.25, 0.3) is 38.4 Å². The molecule has 4 nitrogen and oxygen atoms in total. The van der Waals surface area contributed by atoms with E-state index in [2.05, 4.69) is 29.6 Å². The van der Waals surface area contributed by atoms with Crippen LogP contribution in [0.15, 0.2) is 89.6 Å². The molecule has 0 spiro atoms. The fourth-order valence-electron chi connectivity index (χ4n) is 4.63. The number of furan rings is 1. The summed E-state index contributed by atoms with van der Waals surface area (Å²) in [5.74, 6) is -0.0787. The first-order valence-electron chi connectivity index (χ1n) is 11.9. The topological polar surface area (TPSA) is 51.5 Å². The SMILES string of the molecule is CCOc1c(/C(C)=C/C(=O)Nc2cccc(F)c2)cc2c(-c3cccc4ccccc34)coc2c1C. The van der Waals surface area contributed by atoms with Gasteiger partial charge < -0.3 is 14.5 Å². The summed E-state index contributed by atoms with van der Waals surface area (Å²) in [5.41, 5.74) is 5.60. The van der Waals surface area contributed by atoms with Crippen molar-refractivity contribution in [3.63, 3.8) is 0 Å². The Bertz CT molecular complexity index is 1630. The van der Waals surface area contributed by atoms with E-state index in [9.17, 15) is 9.18 Å². The Morgan fingerprint density at radius 3 is 2.58 bits per heavy atom. The Hall–Kier alpha value is -4.38. The lowest BCUT2D eigenvalue weighted by molar-refractivity contribution is -0.111. The van der Waals surface area contributed by atoms with Crippen molar-refractivity contribution >= 4 is 38.9 Å². The Morgan fingerprint density at radius 2 is 1.78 bits per heavy atom. The van der Waals surface area contributed by atoms with E-state index in [4.69, 9.17) is 9.15 Å². The molecular formula is C31H26FNO3. The number of nitrogens with one attached hydrogen (secondary N) is 1. The van der Waals surface area contributed by atoms with Crippen LogP contribution < -0.4 is 10.1 Å². The van der Waals surface area contributed by atoms with Gasteiger partial charge in [-0.2, -0.15) is 0 Å². The Balaban J connectivity index is 1.63. The number of hydrogen-bond acceptors (Lipinski definition) is 3. The molecule has 0 atom stereocenters. The van der Waals surface area contributed by atoms with E-state index >= 15 is 0 Å². The van der Waals surface area contributed by atoms with Crippen LogP contribution in [0.4, 0.5) is 10.1 Å². The van der Waals surface area contributed by atoms with Gasteiger partial charge in [0.2, 0.25) is 5.91 Å². The lowest BCUT2D eigenvalue weighted by atomic mass is 9.94. The highest BCUT2D eigenvalue weighted by Crippen LogP contribution is 2.42. The maximum atomic E-state index is 13.5. The lowest BCUT2D eigenvalue weighted by Gasteiger charge is -2.15. The zero-order valence-electron chi connectivity index (χ0n) is 20.4. The van der Waals surface area contributed by atoms with E-state index in [1.807, 2.05) is 45.0 Å². The fourth-order valence-corrected chi connectivity index (χ4v) is 4.63. The maximum absolute atomic E-state index is 13.5. The molecule has 4 aromatic carbocycles. The van der Waals surface area contributed by atoms with E-state index in [1.54, 1.807) is 18.4 Å². The Labute approximate surface area is 209 Å². The first-order valence-corrected chi connectivity index (χ1v) is 11.9. The number of carbonyl (C=O) groups excluding carboxylic acids is 1. The minimum atomic E-state index is -0.408. The number of anilines is 1. The molecule has 0 unspecified atom stereocenters. The van der Waals surface area contributed by atoms with Crippen molar-refractivity contribution in [2.45, 2.75) is 20.8 Å². The number of aryl methyl sites for hydroxylation is 1. The van der Waals surface area contributed by atoms with Crippen molar-refractivity contribution in [1.82, 2.24) is 0 Å². The molecule has 1 N–H and O–H groups in total. The van der Waals surface area contributed by atoms with Crippen molar-refractivity contribution in [3.05, 3.63) is 102 Å². The molecule has 0 radical (unpaired) electrons. The summed E-state index contributed by atoms with van der Waals surface area (Å²) >= 11 is 0. The van der Waals surface area contributed by atoms with Gasteiger partial charge in [-0.1, -0.05) is 48.5 Å². The second-order valence-electron chi connectivity index (χ2n) is 8.69. The number of halogens is 1. The van der Waals surface area contributed by atoms with Gasteiger partial charge in [0, 0.05) is 33.8 Å². The number of fused-ring (bicyclic) bond motifs is 2. The summed E-state index contributed by atoms with van der Waals surface area (Å²) in [6.07, 6.45) is 3.29. The smallest absolute Gasteiger partial charge is 0.248 e. The van der Waals surface area contributed by atoms with Crippen molar-refractivity contribution < 1.29 is 18.3 Å². The summed E-state index contributed by atoms with van der Waals surface area (Å²) in [6, 6.07) is 22.3. The van der Waals surface area contributed by atoms with Gasteiger partial charge in [-0.3, -0.25) is 4.79 Å². The van der Waals surface area contributed by atoms with E-state index in [0.717, 1.165) is 49.6 Å². The third kappa shape index (κ3) is 4.36. The normalized spacial score (nSPS) is 11.7. The van der Waals surface area contributed by atoms with Crippen LogP contribution >= 0.6 is 0 Å². The van der Waals surface area contributed by atoms with Crippen molar-refractivity contribution in [2.75, 3.05) is 11.9 Å². The van der Waals surface area contributed by atoms with Gasteiger partial charge in [-0.25, -0.2) is 4.39 Å². The van der Waals surface area contributed by atoms with Gasteiger partial charge in [-0.15, -0.1) is 0 Å². The molecule has 1 aromatic heterocycles. The fraction of sp³-hybridized carbons (Fsp3) is 0.129. The molecule has 0 bridgehead atoms. The highest BCUT2D eigenvalue weighted by atomic mass is 19.1. The third-order valence-corrected chi connectivity index (χ3v) is 6.28. The van der Waals surface area contributed by atoms with Crippen LogP contribution in [0, 0.1) is 12.7 Å². The van der Waals surface area contributed by atoms with E-state index in [0.29, 0.717) is 18.0 Å². The van der Waals surface area contributed by atoms with Crippen LogP contribution in [0.1, 0.15) is 25.0 Å². The number of rotatable bonds is 6. The second kappa shape index (κ2) is 9.70.